The summed E-state index contributed by atoms with van der Waals surface area (Å²) in [7, 11) is 0. The molecule has 0 heterocycles. The first-order valence-electron chi connectivity index (χ1n) is 6.76. The molecule has 0 unspecified atom stereocenters. The summed E-state index contributed by atoms with van der Waals surface area (Å²) in [6.07, 6.45) is 2.23. The second-order valence-electron chi connectivity index (χ2n) is 4.87. The van der Waals surface area contributed by atoms with E-state index >= 15 is 0 Å². The van der Waals surface area contributed by atoms with Crippen molar-refractivity contribution in [3.63, 3.8) is 0 Å². The zero-order chi connectivity index (χ0) is 12.5. The van der Waals surface area contributed by atoms with Gasteiger partial charge in [0.15, 0.2) is 0 Å². The minimum Gasteiger partial charge on any atom is -0.0616 e. The van der Waals surface area contributed by atoms with Crippen LogP contribution < -0.4 is 0 Å². The highest BCUT2D eigenvalue weighted by Gasteiger charge is 2.03. The number of hydrogen-bond acceptors (Lipinski definition) is 0. The summed E-state index contributed by atoms with van der Waals surface area (Å²) in [5.41, 5.74) is 2.97. The summed E-state index contributed by atoms with van der Waals surface area (Å²) < 4.78 is 0. The van der Waals surface area contributed by atoms with Crippen molar-refractivity contribution in [2.75, 3.05) is 0 Å². The van der Waals surface area contributed by atoms with Gasteiger partial charge in [0.2, 0.25) is 0 Å². The molecule has 0 aliphatic rings. The Morgan fingerprint density at radius 3 is 1.44 bits per heavy atom. The van der Waals surface area contributed by atoms with Crippen LogP contribution in [-0.4, -0.2) is 0 Å². The summed E-state index contributed by atoms with van der Waals surface area (Å²) in [5.74, 6) is 0. The van der Waals surface area contributed by atoms with E-state index < -0.39 is 0 Å². The molecule has 3 aromatic rings. The summed E-state index contributed by atoms with van der Waals surface area (Å²) in [5, 5.41) is 5.39. The van der Waals surface area contributed by atoms with Gasteiger partial charge in [0.1, 0.15) is 0 Å². The molecule has 0 amide bonds. The van der Waals surface area contributed by atoms with E-state index in [0.29, 0.717) is 0 Å². The van der Waals surface area contributed by atoms with Crippen molar-refractivity contribution >= 4 is 21.5 Å². The largest absolute Gasteiger partial charge is 0.0616 e. The molecule has 0 heteroatoms. The Balaban J connectivity index is 2.36. The Labute approximate surface area is 108 Å². The Morgan fingerprint density at radius 1 is 0.611 bits per heavy atom. The second kappa shape index (κ2) is 4.45. The number of benzene rings is 3. The fraction of sp³-hybridized carbons (Fsp3) is 0.222. The number of hydrogen-bond donors (Lipinski definition) is 0. The van der Waals surface area contributed by atoms with Crippen LogP contribution in [-0.2, 0) is 12.8 Å². The minimum absolute atomic E-state index is 1.12. The van der Waals surface area contributed by atoms with Gasteiger partial charge in [0, 0.05) is 0 Å². The van der Waals surface area contributed by atoms with Crippen LogP contribution in [0.5, 0.6) is 0 Å². The lowest BCUT2D eigenvalue weighted by atomic mass is 9.95. The van der Waals surface area contributed by atoms with Gasteiger partial charge in [0.25, 0.3) is 0 Å². The van der Waals surface area contributed by atoms with Gasteiger partial charge >= 0.3 is 0 Å². The molecule has 0 radical (unpaired) electrons. The third kappa shape index (κ3) is 1.78. The highest BCUT2D eigenvalue weighted by molar-refractivity contribution is 5.98. The maximum Gasteiger partial charge on any atom is -0.0175 e. The predicted octanol–water partition coefficient (Wildman–Crippen LogP) is 5.12. The van der Waals surface area contributed by atoms with Crippen LogP contribution in [0, 0.1) is 0 Å². The van der Waals surface area contributed by atoms with E-state index in [1.165, 1.54) is 32.7 Å². The molecule has 0 fully saturated rings. The van der Waals surface area contributed by atoms with Crippen molar-refractivity contribution in [1.29, 1.82) is 0 Å². The molecule has 18 heavy (non-hydrogen) atoms. The Bertz CT molecular complexity index is 646. The number of fused-ring (bicyclic) bond motifs is 2. The summed E-state index contributed by atoms with van der Waals surface area (Å²) in [6, 6.07) is 17.9. The van der Waals surface area contributed by atoms with Crippen molar-refractivity contribution in [2.24, 2.45) is 0 Å². The van der Waals surface area contributed by atoms with E-state index in [2.05, 4.69) is 62.4 Å². The molecule has 90 valence electrons. The first-order chi connectivity index (χ1) is 8.81. The monoisotopic (exact) mass is 234 g/mol. The van der Waals surface area contributed by atoms with Crippen LogP contribution >= 0.6 is 0 Å². The average Bonchev–Trinajstić information content (AvgIpc) is 2.43. The summed E-state index contributed by atoms with van der Waals surface area (Å²) >= 11 is 0. The van der Waals surface area contributed by atoms with Crippen molar-refractivity contribution in [3.8, 4) is 0 Å². The first-order valence-corrected chi connectivity index (χ1v) is 6.76. The van der Waals surface area contributed by atoms with E-state index in [4.69, 9.17) is 0 Å². The average molecular weight is 234 g/mol. The molecular weight excluding hydrogens is 216 g/mol. The van der Waals surface area contributed by atoms with Crippen LogP contribution in [0.25, 0.3) is 21.5 Å². The maximum atomic E-state index is 2.36. The van der Waals surface area contributed by atoms with E-state index in [-0.39, 0.29) is 0 Å². The number of rotatable bonds is 2. The van der Waals surface area contributed by atoms with Crippen LogP contribution in [0.2, 0.25) is 0 Å². The smallest absolute Gasteiger partial charge is 0.0175 e. The lowest BCUT2D eigenvalue weighted by Gasteiger charge is -2.09. The van der Waals surface area contributed by atoms with Gasteiger partial charge in [-0.2, -0.15) is 0 Å². The predicted molar refractivity (Wildman–Crippen MR) is 80.2 cm³/mol. The Morgan fingerprint density at radius 2 is 1.06 bits per heavy atom. The van der Waals surface area contributed by atoms with Crippen molar-refractivity contribution in [1.82, 2.24) is 0 Å². The van der Waals surface area contributed by atoms with Gasteiger partial charge in [-0.15, -0.1) is 0 Å². The molecule has 0 saturated carbocycles. The molecule has 0 atom stereocenters. The quantitative estimate of drug-likeness (QED) is 0.540. The lowest BCUT2D eigenvalue weighted by Crippen LogP contribution is -1.91. The topological polar surface area (TPSA) is 0 Å². The molecule has 0 bridgehead atoms. The van der Waals surface area contributed by atoms with Gasteiger partial charge in [0.05, 0.1) is 0 Å². The zero-order valence-electron chi connectivity index (χ0n) is 11.0. The third-order valence-electron chi connectivity index (χ3n) is 3.79. The molecule has 0 spiro atoms. The molecule has 0 nitrogen and oxygen atoms in total. The molecular formula is C18H18. The third-order valence-corrected chi connectivity index (χ3v) is 3.79. The van der Waals surface area contributed by atoms with E-state index in [1.807, 2.05) is 0 Å². The highest BCUT2D eigenvalue weighted by atomic mass is 14.1. The first kappa shape index (κ1) is 11.3. The van der Waals surface area contributed by atoms with Gasteiger partial charge < -0.3 is 0 Å². The summed E-state index contributed by atoms with van der Waals surface area (Å²) in [6.45, 7) is 4.47. The zero-order valence-corrected chi connectivity index (χ0v) is 11.0. The standard InChI is InChI=1S/C18H18/c1-3-13-9-17-11-15-7-5-6-8-16(15)12-18(17)10-14(13)4-2/h5-12H,3-4H2,1-2H3. The van der Waals surface area contributed by atoms with Crippen molar-refractivity contribution in [3.05, 3.63) is 59.7 Å². The fourth-order valence-corrected chi connectivity index (χ4v) is 2.74. The molecule has 0 N–H and O–H groups in total. The van der Waals surface area contributed by atoms with Crippen molar-refractivity contribution in [2.45, 2.75) is 26.7 Å². The normalized spacial score (nSPS) is 11.2. The van der Waals surface area contributed by atoms with E-state index in [0.717, 1.165) is 12.8 Å². The molecule has 0 aliphatic carbocycles. The van der Waals surface area contributed by atoms with Crippen LogP contribution in [0.15, 0.2) is 48.5 Å². The lowest BCUT2D eigenvalue weighted by molar-refractivity contribution is 1.04. The van der Waals surface area contributed by atoms with Crippen LogP contribution in [0.3, 0.4) is 0 Å². The Hall–Kier alpha value is -1.82. The van der Waals surface area contributed by atoms with E-state index in [9.17, 15) is 0 Å². The second-order valence-corrected chi connectivity index (χ2v) is 4.87. The maximum absolute atomic E-state index is 2.36. The molecule has 0 saturated heterocycles. The highest BCUT2D eigenvalue weighted by Crippen LogP contribution is 2.26. The number of aryl methyl sites for hydroxylation is 2. The Kier molecular flexibility index (Phi) is 2.79. The van der Waals surface area contributed by atoms with Crippen molar-refractivity contribution < 1.29 is 0 Å². The van der Waals surface area contributed by atoms with Gasteiger partial charge in [-0.05, 0) is 57.6 Å². The molecule has 0 aromatic heterocycles. The molecule has 3 aromatic carbocycles. The fourth-order valence-electron chi connectivity index (χ4n) is 2.74. The molecule has 3 rings (SSSR count). The van der Waals surface area contributed by atoms with Crippen LogP contribution in [0.4, 0.5) is 0 Å². The summed E-state index contributed by atoms with van der Waals surface area (Å²) in [4.78, 5) is 0. The van der Waals surface area contributed by atoms with Gasteiger partial charge in [-0.25, -0.2) is 0 Å². The SMILES string of the molecule is CCc1cc2cc3ccccc3cc2cc1CC. The minimum atomic E-state index is 1.12. The van der Waals surface area contributed by atoms with Gasteiger partial charge in [-0.3, -0.25) is 0 Å². The van der Waals surface area contributed by atoms with E-state index in [1.54, 1.807) is 0 Å². The van der Waals surface area contributed by atoms with Gasteiger partial charge in [-0.1, -0.05) is 50.2 Å². The van der Waals surface area contributed by atoms with Crippen LogP contribution in [0.1, 0.15) is 25.0 Å². The molecule has 0 aliphatic heterocycles.